The van der Waals surface area contributed by atoms with E-state index in [4.69, 9.17) is 0 Å². The van der Waals surface area contributed by atoms with Gasteiger partial charge in [0.05, 0.1) is 0 Å². The smallest absolute Gasteiger partial charge is 0.0236 e. The summed E-state index contributed by atoms with van der Waals surface area (Å²) in [5, 5.41) is 3.78. The highest BCUT2D eigenvalue weighted by Gasteiger charge is 2.26. The minimum absolute atomic E-state index is 0.606. The lowest BCUT2D eigenvalue weighted by Crippen LogP contribution is -2.57. The van der Waals surface area contributed by atoms with Crippen LogP contribution < -0.4 is 5.32 Å². The standard InChI is InChI=1S/C18H30N2S/c1-3-8-18-14-19-17(13-16-9-5-4-6-10-16)15-20(18)11-7-12-21-2/h4-6,9-10,17-19H,3,7-8,11-15H2,1-2H3. The minimum Gasteiger partial charge on any atom is -0.311 e. The van der Waals surface area contributed by atoms with E-state index in [0.29, 0.717) is 6.04 Å². The Balaban J connectivity index is 1.87. The van der Waals surface area contributed by atoms with Gasteiger partial charge in [-0.1, -0.05) is 43.7 Å². The fraction of sp³-hybridized carbons (Fsp3) is 0.667. The first-order valence-electron chi connectivity index (χ1n) is 8.33. The quantitative estimate of drug-likeness (QED) is 0.741. The average molecular weight is 307 g/mol. The van der Waals surface area contributed by atoms with Gasteiger partial charge in [-0.3, -0.25) is 4.90 Å². The number of hydrogen-bond donors (Lipinski definition) is 1. The van der Waals surface area contributed by atoms with Crippen molar-refractivity contribution >= 4 is 11.8 Å². The van der Waals surface area contributed by atoms with Crippen LogP contribution in [0.25, 0.3) is 0 Å². The number of nitrogens with one attached hydrogen (secondary N) is 1. The molecule has 1 heterocycles. The first kappa shape index (κ1) is 16.9. The van der Waals surface area contributed by atoms with E-state index < -0.39 is 0 Å². The van der Waals surface area contributed by atoms with E-state index in [2.05, 4.69) is 53.7 Å². The van der Waals surface area contributed by atoms with E-state index >= 15 is 0 Å². The van der Waals surface area contributed by atoms with Crippen LogP contribution in [0, 0.1) is 0 Å². The molecule has 21 heavy (non-hydrogen) atoms. The molecule has 0 aromatic heterocycles. The summed E-state index contributed by atoms with van der Waals surface area (Å²) >= 11 is 1.97. The van der Waals surface area contributed by atoms with Gasteiger partial charge in [-0.25, -0.2) is 0 Å². The molecule has 2 unspecified atom stereocenters. The predicted octanol–water partition coefficient (Wildman–Crippen LogP) is 3.42. The molecule has 1 aliphatic rings. The average Bonchev–Trinajstić information content (AvgIpc) is 2.51. The molecule has 0 spiro atoms. The van der Waals surface area contributed by atoms with Crippen molar-refractivity contribution < 1.29 is 0 Å². The van der Waals surface area contributed by atoms with Gasteiger partial charge in [0.1, 0.15) is 0 Å². The molecule has 1 aromatic rings. The zero-order valence-corrected chi connectivity index (χ0v) is 14.4. The van der Waals surface area contributed by atoms with Gasteiger partial charge < -0.3 is 5.32 Å². The van der Waals surface area contributed by atoms with E-state index in [1.807, 2.05) is 11.8 Å². The second-order valence-electron chi connectivity index (χ2n) is 6.08. The molecular formula is C18H30N2S. The van der Waals surface area contributed by atoms with Crippen LogP contribution in [0.3, 0.4) is 0 Å². The molecular weight excluding hydrogens is 276 g/mol. The van der Waals surface area contributed by atoms with Crippen molar-refractivity contribution in [3.05, 3.63) is 35.9 Å². The third kappa shape index (κ3) is 5.65. The molecule has 0 aliphatic carbocycles. The molecule has 0 saturated carbocycles. The molecule has 1 fully saturated rings. The Morgan fingerprint density at radius 2 is 2.10 bits per heavy atom. The van der Waals surface area contributed by atoms with Gasteiger partial charge >= 0.3 is 0 Å². The number of hydrogen-bond acceptors (Lipinski definition) is 3. The Hall–Kier alpha value is -0.510. The highest BCUT2D eigenvalue weighted by atomic mass is 32.2. The van der Waals surface area contributed by atoms with Crippen LogP contribution in [-0.2, 0) is 6.42 Å². The normalized spacial score (nSPS) is 23.3. The SMILES string of the molecule is CCCC1CNC(Cc2ccccc2)CN1CCCSC. The molecule has 2 atom stereocenters. The lowest BCUT2D eigenvalue weighted by atomic mass is 9.99. The molecule has 3 heteroatoms. The van der Waals surface area contributed by atoms with Crippen molar-refractivity contribution in [3.8, 4) is 0 Å². The maximum Gasteiger partial charge on any atom is 0.0236 e. The first-order chi connectivity index (χ1) is 10.3. The lowest BCUT2D eigenvalue weighted by Gasteiger charge is -2.40. The Morgan fingerprint density at radius 1 is 1.29 bits per heavy atom. The summed E-state index contributed by atoms with van der Waals surface area (Å²) in [6, 6.07) is 12.2. The van der Waals surface area contributed by atoms with Crippen LogP contribution in [0.2, 0.25) is 0 Å². The highest BCUT2D eigenvalue weighted by molar-refractivity contribution is 7.98. The summed E-state index contributed by atoms with van der Waals surface area (Å²) in [5.74, 6) is 1.28. The summed E-state index contributed by atoms with van der Waals surface area (Å²) in [5.41, 5.74) is 1.45. The fourth-order valence-electron chi connectivity index (χ4n) is 3.27. The van der Waals surface area contributed by atoms with Gasteiger partial charge in [0, 0.05) is 25.2 Å². The number of piperazine rings is 1. The second-order valence-corrected chi connectivity index (χ2v) is 7.06. The van der Waals surface area contributed by atoms with Crippen molar-refractivity contribution in [1.82, 2.24) is 10.2 Å². The van der Waals surface area contributed by atoms with Gasteiger partial charge in [-0.2, -0.15) is 11.8 Å². The van der Waals surface area contributed by atoms with E-state index in [1.54, 1.807) is 0 Å². The second kappa shape index (κ2) is 9.50. The Kier molecular flexibility index (Phi) is 7.62. The van der Waals surface area contributed by atoms with E-state index in [0.717, 1.165) is 19.0 Å². The number of nitrogens with zero attached hydrogens (tertiary/aromatic N) is 1. The van der Waals surface area contributed by atoms with Crippen molar-refractivity contribution in [3.63, 3.8) is 0 Å². The predicted molar refractivity (Wildman–Crippen MR) is 95.2 cm³/mol. The van der Waals surface area contributed by atoms with Gasteiger partial charge in [0.25, 0.3) is 0 Å². The molecule has 118 valence electrons. The summed E-state index contributed by atoms with van der Waals surface area (Å²) in [6.07, 6.45) is 7.29. The van der Waals surface area contributed by atoms with E-state index in [-0.39, 0.29) is 0 Å². The van der Waals surface area contributed by atoms with Crippen molar-refractivity contribution in [2.24, 2.45) is 0 Å². The summed E-state index contributed by atoms with van der Waals surface area (Å²) in [4.78, 5) is 2.74. The molecule has 1 saturated heterocycles. The zero-order valence-electron chi connectivity index (χ0n) is 13.6. The number of rotatable bonds is 8. The third-order valence-electron chi connectivity index (χ3n) is 4.35. The molecule has 0 radical (unpaired) electrons. The summed E-state index contributed by atoms with van der Waals surface area (Å²) in [7, 11) is 0. The van der Waals surface area contributed by atoms with Crippen LogP contribution in [0.5, 0.6) is 0 Å². The van der Waals surface area contributed by atoms with Crippen molar-refractivity contribution in [2.45, 2.75) is 44.7 Å². The first-order valence-corrected chi connectivity index (χ1v) is 9.73. The molecule has 1 aliphatic heterocycles. The van der Waals surface area contributed by atoms with E-state index in [9.17, 15) is 0 Å². The lowest BCUT2D eigenvalue weighted by molar-refractivity contribution is 0.123. The van der Waals surface area contributed by atoms with Gasteiger partial charge in [-0.05, 0) is 43.4 Å². The van der Waals surface area contributed by atoms with E-state index in [1.165, 1.54) is 43.7 Å². The topological polar surface area (TPSA) is 15.3 Å². The van der Waals surface area contributed by atoms with Crippen LogP contribution in [0.1, 0.15) is 31.7 Å². The van der Waals surface area contributed by atoms with Crippen LogP contribution >= 0.6 is 11.8 Å². The van der Waals surface area contributed by atoms with Gasteiger partial charge in [0.15, 0.2) is 0 Å². The Bertz CT molecular complexity index is 382. The molecule has 0 bridgehead atoms. The Labute approximate surface area is 134 Å². The molecule has 2 rings (SSSR count). The van der Waals surface area contributed by atoms with Crippen LogP contribution in [0.15, 0.2) is 30.3 Å². The van der Waals surface area contributed by atoms with Crippen LogP contribution in [-0.4, -0.2) is 48.6 Å². The molecule has 1 aromatic carbocycles. The molecule has 1 N–H and O–H groups in total. The minimum atomic E-state index is 0.606. The van der Waals surface area contributed by atoms with Crippen LogP contribution in [0.4, 0.5) is 0 Å². The highest BCUT2D eigenvalue weighted by Crippen LogP contribution is 2.16. The summed E-state index contributed by atoms with van der Waals surface area (Å²) in [6.45, 7) is 5.92. The molecule has 0 amide bonds. The van der Waals surface area contributed by atoms with Gasteiger partial charge in [0.2, 0.25) is 0 Å². The number of thioether (sulfide) groups is 1. The van der Waals surface area contributed by atoms with Crippen molar-refractivity contribution in [1.29, 1.82) is 0 Å². The maximum atomic E-state index is 3.78. The molecule has 2 nitrogen and oxygen atoms in total. The summed E-state index contributed by atoms with van der Waals surface area (Å²) < 4.78 is 0. The monoisotopic (exact) mass is 306 g/mol. The number of benzene rings is 1. The fourth-order valence-corrected chi connectivity index (χ4v) is 3.69. The zero-order chi connectivity index (χ0) is 14.9. The Morgan fingerprint density at radius 3 is 2.81 bits per heavy atom. The largest absolute Gasteiger partial charge is 0.311 e. The van der Waals surface area contributed by atoms with Crippen molar-refractivity contribution in [2.75, 3.05) is 31.6 Å². The van der Waals surface area contributed by atoms with Gasteiger partial charge in [-0.15, -0.1) is 0 Å². The third-order valence-corrected chi connectivity index (χ3v) is 5.05. The maximum absolute atomic E-state index is 3.78.